The molecule has 0 nitrogen and oxygen atoms in total. The molecule has 0 heteroatoms. The predicted molar refractivity (Wildman–Crippen MR) is 68.8 cm³/mol. The van der Waals surface area contributed by atoms with Crippen LogP contribution in [0.4, 0.5) is 0 Å². The number of hydrogen-bond donors (Lipinski definition) is 0. The first-order chi connectivity index (χ1) is 6.81. The molecule has 0 N–H and O–H groups in total. The normalized spacial score (nSPS) is 42.6. The summed E-state index contributed by atoms with van der Waals surface area (Å²) in [4.78, 5) is 0. The fourth-order valence-electron chi connectivity index (χ4n) is 4.25. The smallest absolute Gasteiger partial charge is 0.0309 e. The molecular weight excluding hydrogens is 180 g/mol. The second-order valence-corrected chi connectivity index (χ2v) is 6.80. The zero-order valence-corrected chi connectivity index (χ0v) is 11.8. The first-order valence-electron chi connectivity index (χ1n) is 6.81. The number of rotatable bonds is 2. The maximum absolute atomic E-state index is 2.49. The van der Waals surface area contributed by atoms with Crippen molar-refractivity contribution in [1.29, 1.82) is 0 Å². The molecule has 0 aromatic rings. The molecule has 0 bridgehead atoms. The summed E-state index contributed by atoms with van der Waals surface area (Å²) in [5.41, 5.74) is 0.542. The highest BCUT2D eigenvalue weighted by atomic mass is 14.5. The average Bonchev–Trinajstić information content (AvgIpc) is 2.13. The maximum Gasteiger partial charge on any atom is -0.0309 e. The van der Waals surface area contributed by atoms with Crippen molar-refractivity contribution in [3.05, 3.63) is 0 Å². The van der Waals surface area contributed by atoms with Crippen LogP contribution in [0.1, 0.15) is 61.3 Å². The minimum absolute atomic E-state index is 0.542. The van der Waals surface area contributed by atoms with E-state index in [1.807, 2.05) is 0 Å². The van der Waals surface area contributed by atoms with Gasteiger partial charge in [-0.15, -0.1) is 0 Å². The summed E-state index contributed by atoms with van der Waals surface area (Å²) >= 11 is 0. The molecule has 15 heavy (non-hydrogen) atoms. The second kappa shape index (κ2) is 4.47. The molecule has 5 unspecified atom stereocenters. The van der Waals surface area contributed by atoms with E-state index >= 15 is 0 Å². The van der Waals surface area contributed by atoms with Crippen molar-refractivity contribution in [2.75, 3.05) is 0 Å². The van der Waals surface area contributed by atoms with Gasteiger partial charge in [0.1, 0.15) is 0 Å². The Morgan fingerprint density at radius 2 is 1.67 bits per heavy atom. The summed E-state index contributed by atoms with van der Waals surface area (Å²) in [6.07, 6.45) is 2.74. The second-order valence-electron chi connectivity index (χ2n) is 6.80. The molecule has 90 valence electrons. The van der Waals surface area contributed by atoms with E-state index in [0.29, 0.717) is 5.41 Å². The van der Waals surface area contributed by atoms with Crippen LogP contribution in [-0.4, -0.2) is 0 Å². The molecule has 1 aliphatic carbocycles. The molecule has 1 rings (SSSR count). The van der Waals surface area contributed by atoms with E-state index in [9.17, 15) is 0 Å². The number of hydrogen-bond acceptors (Lipinski definition) is 0. The van der Waals surface area contributed by atoms with Gasteiger partial charge < -0.3 is 0 Å². The summed E-state index contributed by atoms with van der Waals surface area (Å²) in [5, 5.41) is 0. The molecule has 0 aromatic carbocycles. The Labute approximate surface area is 96.8 Å². The zero-order valence-electron chi connectivity index (χ0n) is 11.8. The quantitative estimate of drug-likeness (QED) is 0.602. The van der Waals surface area contributed by atoms with Gasteiger partial charge in [-0.25, -0.2) is 0 Å². The average molecular weight is 210 g/mol. The predicted octanol–water partition coefficient (Wildman–Crippen LogP) is 4.99. The van der Waals surface area contributed by atoms with Gasteiger partial charge in [-0.2, -0.15) is 0 Å². The van der Waals surface area contributed by atoms with Crippen LogP contribution in [0.5, 0.6) is 0 Å². The topological polar surface area (TPSA) is 0 Å². The molecule has 0 spiro atoms. The fourth-order valence-corrected chi connectivity index (χ4v) is 4.25. The van der Waals surface area contributed by atoms with Gasteiger partial charge in [0, 0.05) is 0 Å². The van der Waals surface area contributed by atoms with Crippen LogP contribution in [0.25, 0.3) is 0 Å². The van der Waals surface area contributed by atoms with E-state index in [1.165, 1.54) is 12.8 Å². The molecule has 1 fully saturated rings. The van der Waals surface area contributed by atoms with Crippen LogP contribution < -0.4 is 0 Å². The van der Waals surface area contributed by atoms with Crippen LogP contribution in [0.3, 0.4) is 0 Å². The minimum Gasteiger partial charge on any atom is -0.0651 e. The van der Waals surface area contributed by atoms with E-state index in [0.717, 1.165) is 29.6 Å². The Bertz CT molecular complexity index is 204. The third-order valence-electron chi connectivity index (χ3n) is 5.30. The monoisotopic (exact) mass is 210 g/mol. The van der Waals surface area contributed by atoms with E-state index in [4.69, 9.17) is 0 Å². The minimum atomic E-state index is 0.542. The van der Waals surface area contributed by atoms with Crippen molar-refractivity contribution in [2.24, 2.45) is 35.0 Å². The summed E-state index contributed by atoms with van der Waals surface area (Å²) in [5.74, 6) is 4.48. The first kappa shape index (κ1) is 13.1. The van der Waals surface area contributed by atoms with Crippen molar-refractivity contribution in [2.45, 2.75) is 61.3 Å². The molecule has 0 heterocycles. The molecule has 0 saturated heterocycles. The zero-order chi connectivity index (χ0) is 11.8. The SMILES string of the molecule is CCC(C)C1C(C)C(C)C(C)CC1(C)C. The lowest BCUT2D eigenvalue weighted by Crippen LogP contribution is -2.44. The van der Waals surface area contributed by atoms with E-state index in [1.54, 1.807) is 0 Å². The van der Waals surface area contributed by atoms with Gasteiger partial charge in [-0.05, 0) is 41.4 Å². The molecule has 0 aromatic heterocycles. The van der Waals surface area contributed by atoms with Crippen molar-refractivity contribution in [3.8, 4) is 0 Å². The Morgan fingerprint density at radius 1 is 1.13 bits per heavy atom. The standard InChI is InChI=1S/C15H30/c1-8-10(2)14-13(5)12(4)11(3)9-15(14,6)7/h10-14H,8-9H2,1-7H3. The van der Waals surface area contributed by atoms with E-state index < -0.39 is 0 Å². The van der Waals surface area contributed by atoms with Crippen LogP contribution in [0.15, 0.2) is 0 Å². The molecule has 0 aliphatic heterocycles. The molecule has 0 amide bonds. The summed E-state index contributed by atoms with van der Waals surface area (Å²) < 4.78 is 0. The van der Waals surface area contributed by atoms with Gasteiger partial charge in [-0.3, -0.25) is 0 Å². The molecule has 1 saturated carbocycles. The fraction of sp³-hybridized carbons (Fsp3) is 1.00. The lowest BCUT2D eigenvalue weighted by atomic mass is 9.54. The van der Waals surface area contributed by atoms with Gasteiger partial charge in [0.15, 0.2) is 0 Å². The van der Waals surface area contributed by atoms with Crippen LogP contribution in [0, 0.1) is 35.0 Å². The molecule has 0 radical (unpaired) electrons. The Balaban J connectivity index is 2.90. The lowest BCUT2D eigenvalue weighted by molar-refractivity contribution is -0.0254. The summed E-state index contributed by atoms with van der Waals surface area (Å²) in [6, 6.07) is 0. The third-order valence-corrected chi connectivity index (χ3v) is 5.30. The summed E-state index contributed by atoms with van der Waals surface area (Å²) in [7, 11) is 0. The van der Waals surface area contributed by atoms with Crippen LogP contribution in [0.2, 0.25) is 0 Å². The van der Waals surface area contributed by atoms with E-state index in [-0.39, 0.29) is 0 Å². The van der Waals surface area contributed by atoms with E-state index in [2.05, 4.69) is 48.5 Å². The van der Waals surface area contributed by atoms with Crippen LogP contribution in [-0.2, 0) is 0 Å². The highest BCUT2D eigenvalue weighted by Crippen LogP contribution is 2.52. The van der Waals surface area contributed by atoms with Crippen molar-refractivity contribution in [3.63, 3.8) is 0 Å². The highest BCUT2D eigenvalue weighted by Gasteiger charge is 2.44. The first-order valence-corrected chi connectivity index (χ1v) is 6.81. The molecular formula is C15H30. The van der Waals surface area contributed by atoms with Crippen molar-refractivity contribution >= 4 is 0 Å². The Morgan fingerprint density at radius 3 is 2.13 bits per heavy atom. The van der Waals surface area contributed by atoms with Gasteiger partial charge in [-0.1, -0.05) is 54.9 Å². The largest absolute Gasteiger partial charge is 0.0651 e. The Hall–Kier alpha value is 0. The lowest BCUT2D eigenvalue weighted by Gasteiger charge is -2.51. The van der Waals surface area contributed by atoms with Crippen molar-refractivity contribution in [1.82, 2.24) is 0 Å². The van der Waals surface area contributed by atoms with Gasteiger partial charge in [0.25, 0.3) is 0 Å². The van der Waals surface area contributed by atoms with Gasteiger partial charge >= 0.3 is 0 Å². The highest BCUT2D eigenvalue weighted by molar-refractivity contribution is 4.93. The van der Waals surface area contributed by atoms with Gasteiger partial charge in [0.2, 0.25) is 0 Å². The molecule has 5 atom stereocenters. The third kappa shape index (κ3) is 2.40. The van der Waals surface area contributed by atoms with Crippen molar-refractivity contribution < 1.29 is 0 Å². The van der Waals surface area contributed by atoms with Gasteiger partial charge in [0.05, 0.1) is 0 Å². The molecule has 1 aliphatic rings. The van der Waals surface area contributed by atoms with Crippen LogP contribution >= 0.6 is 0 Å². The Kier molecular flexibility index (Phi) is 3.90. The summed E-state index contributed by atoms with van der Waals surface area (Å²) in [6.45, 7) is 17.2. The maximum atomic E-state index is 2.49.